The standard InChI is InChI=1S/C14H22N4O2/c1-3-17-8-4-5-12(17)10-16(2)14-7-6-11(18(19)20)9-13(14)15/h6-7,9,12H,3-5,8,10,15H2,1-2H3. The number of nitro benzene ring substituents is 1. The highest BCUT2D eigenvalue weighted by atomic mass is 16.6. The van der Waals surface area contributed by atoms with Crippen LogP contribution in [0.25, 0.3) is 0 Å². The maximum Gasteiger partial charge on any atom is 0.271 e. The molecule has 1 aromatic rings. The van der Waals surface area contributed by atoms with Gasteiger partial charge in [-0.2, -0.15) is 0 Å². The van der Waals surface area contributed by atoms with Gasteiger partial charge in [0.25, 0.3) is 5.69 Å². The fraction of sp³-hybridized carbons (Fsp3) is 0.571. The van der Waals surface area contributed by atoms with Crippen molar-refractivity contribution in [1.29, 1.82) is 0 Å². The van der Waals surface area contributed by atoms with Crippen molar-refractivity contribution in [3.05, 3.63) is 28.3 Å². The molecule has 1 saturated heterocycles. The topological polar surface area (TPSA) is 75.6 Å². The van der Waals surface area contributed by atoms with Crippen LogP contribution < -0.4 is 10.6 Å². The Bertz CT molecular complexity index is 492. The van der Waals surface area contributed by atoms with Crippen molar-refractivity contribution >= 4 is 17.1 Å². The Morgan fingerprint density at radius 2 is 2.30 bits per heavy atom. The Balaban J connectivity index is 2.09. The van der Waals surface area contributed by atoms with Gasteiger partial charge in [-0.1, -0.05) is 6.92 Å². The van der Waals surface area contributed by atoms with Crippen LogP contribution in [0.2, 0.25) is 0 Å². The third-order valence-electron chi connectivity index (χ3n) is 4.02. The lowest BCUT2D eigenvalue weighted by Gasteiger charge is -2.29. The number of benzene rings is 1. The van der Waals surface area contributed by atoms with E-state index in [4.69, 9.17) is 5.73 Å². The molecule has 6 nitrogen and oxygen atoms in total. The van der Waals surface area contributed by atoms with E-state index in [1.54, 1.807) is 6.07 Å². The molecule has 0 saturated carbocycles. The molecule has 1 aromatic carbocycles. The van der Waals surface area contributed by atoms with Gasteiger partial charge < -0.3 is 10.6 Å². The van der Waals surface area contributed by atoms with E-state index < -0.39 is 4.92 Å². The predicted octanol–water partition coefficient (Wildman–Crippen LogP) is 2.10. The number of nitro groups is 1. The van der Waals surface area contributed by atoms with Crippen molar-refractivity contribution in [1.82, 2.24) is 4.90 Å². The molecule has 2 rings (SSSR count). The number of nitrogen functional groups attached to an aromatic ring is 1. The van der Waals surface area contributed by atoms with Crippen LogP contribution in [0.4, 0.5) is 17.1 Å². The normalized spacial score (nSPS) is 19.2. The van der Waals surface area contributed by atoms with Gasteiger partial charge in [-0.05, 0) is 32.0 Å². The van der Waals surface area contributed by atoms with Gasteiger partial charge in [0, 0.05) is 31.8 Å². The second-order valence-electron chi connectivity index (χ2n) is 5.31. The summed E-state index contributed by atoms with van der Waals surface area (Å²) in [5.41, 5.74) is 7.30. The minimum Gasteiger partial charge on any atom is -0.397 e. The van der Waals surface area contributed by atoms with Crippen LogP contribution in [0, 0.1) is 10.1 Å². The number of hydrogen-bond acceptors (Lipinski definition) is 5. The van der Waals surface area contributed by atoms with E-state index in [0.717, 1.165) is 25.3 Å². The van der Waals surface area contributed by atoms with Crippen molar-refractivity contribution in [2.75, 3.05) is 37.3 Å². The van der Waals surface area contributed by atoms with Gasteiger partial charge in [-0.25, -0.2) is 0 Å². The lowest BCUT2D eigenvalue weighted by Crippen LogP contribution is -2.38. The molecule has 110 valence electrons. The predicted molar refractivity (Wildman–Crippen MR) is 81.0 cm³/mol. The smallest absolute Gasteiger partial charge is 0.271 e. The first-order valence-corrected chi connectivity index (χ1v) is 7.02. The number of nitrogens with zero attached hydrogens (tertiary/aromatic N) is 3. The van der Waals surface area contributed by atoms with E-state index in [1.165, 1.54) is 25.0 Å². The van der Waals surface area contributed by atoms with Crippen LogP contribution in [-0.2, 0) is 0 Å². The molecule has 0 aliphatic carbocycles. The molecule has 1 atom stereocenters. The second kappa shape index (κ2) is 6.09. The monoisotopic (exact) mass is 278 g/mol. The number of hydrogen-bond donors (Lipinski definition) is 1. The van der Waals surface area contributed by atoms with E-state index in [0.29, 0.717) is 11.7 Å². The van der Waals surface area contributed by atoms with Crippen molar-refractivity contribution in [3.8, 4) is 0 Å². The van der Waals surface area contributed by atoms with Gasteiger partial charge in [0.15, 0.2) is 0 Å². The Kier molecular flexibility index (Phi) is 4.44. The Morgan fingerprint density at radius 3 is 2.90 bits per heavy atom. The van der Waals surface area contributed by atoms with Crippen molar-refractivity contribution in [3.63, 3.8) is 0 Å². The first kappa shape index (κ1) is 14.6. The van der Waals surface area contributed by atoms with E-state index in [-0.39, 0.29) is 5.69 Å². The average Bonchev–Trinajstić information content (AvgIpc) is 2.85. The summed E-state index contributed by atoms with van der Waals surface area (Å²) in [6, 6.07) is 5.21. The summed E-state index contributed by atoms with van der Waals surface area (Å²) >= 11 is 0. The fourth-order valence-electron chi connectivity index (χ4n) is 2.94. The number of anilines is 2. The molecule has 1 fully saturated rings. The summed E-state index contributed by atoms with van der Waals surface area (Å²) in [4.78, 5) is 14.9. The molecule has 0 spiro atoms. The van der Waals surface area contributed by atoms with Gasteiger partial charge in [0.1, 0.15) is 0 Å². The molecule has 2 N–H and O–H groups in total. The molecule has 0 aromatic heterocycles. The zero-order valence-electron chi connectivity index (χ0n) is 12.1. The highest BCUT2D eigenvalue weighted by molar-refractivity contribution is 5.70. The third-order valence-corrected chi connectivity index (χ3v) is 4.02. The summed E-state index contributed by atoms with van der Waals surface area (Å²) in [6.45, 7) is 5.30. The average molecular weight is 278 g/mol. The molecule has 0 amide bonds. The number of nitrogens with two attached hydrogens (primary N) is 1. The lowest BCUT2D eigenvalue weighted by atomic mass is 10.1. The highest BCUT2D eigenvalue weighted by Gasteiger charge is 2.24. The summed E-state index contributed by atoms with van der Waals surface area (Å²) in [6.07, 6.45) is 2.44. The SMILES string of the molecule is CCN1CCCC1CN(C)c1ccc([N+](=O)[O-])cc1N. The van der Waals surface area contributed by atoms with Crippen LogP contribution in [-0.4, -0.2) is 42.5 Å². The molecule has 20 heavy (non-hydrogen) atoms. The molecular formula is C14H22N4O2. The molecule has 0 radical (unpaired) electrons. The zero-order valence-corrected chi connectivity index (χ0v) is 12.1. The number of non-ortho nitro benzene ring substituents is 1. The van der Waals surface area contributed by atoms with E-state index in [9.17, 15) is 10.1 Å². The molecule has 1 unspecified atom stereocenters. The van der Waals surface area contributed by atoms with E-state index >= 15 is 0 Å². The number of likely N-dealkylation sites (N-methyl/N-ethyl adjacent to an activating group) is 2. The van der Waals surface area contributed by atoms with Gasteiger partial charge in [0.05, 0.1) is 16.3 Å². The molecule has 1 heterocycles. The lowest BCUT2D eigenvalue weighted by molar-refractivity contribution is -0.384. The fourth-order valence-corrected chi connectivity index (χ4v) is 2.94. The Hall–Kier alpha value is -1.82. The maximum atomic E-state index is 10.7. The quantitative estimate of drug-likeness (QED) is 0.507. The maximum absolute atomic E-state index is 10.7. The zero-order chi connectivity index (χ0) is 14.7. The number of rotatable bonds is 5. The number of likely N-dealkylation sites (tertiary alicyclic amines) is 1. The van der Waals surface area contributed by atoms with E-state index in [1.807, 2.05) is 7.05 Å². The Morgan fingerprint density at radius 1 is 1.55 bits per heavy atom. The first-order chi connectivity index (χ1) is 9.52. The molecule has 0 bridgehead atoms. The summed E-state index contributed by atoms with van der Waals surface area (Å²) in [7, 11) is 1.99. The van der Waals surface area contributed by atoms with Gasteiger partial charge in [-0.15, -0.1) is 0 Å². The van der Waals surface area contributed by atoms with Gasteiger partial charge in [0.2, 0.25) is 0 Å². The summed E-state index contributed by atoms with van der Waals surface area (Å²) < 4.78 is 0. The molecular weight excluding hydrogens is 256 g/mol. The largest absolute Gasteiger partial charge is 0.397 e. The second-order valence-corrected chi connectivity index (χ2v) is 5.31. The van der Waals surface area contributed by atoms with Gasteiger partial charge in [-0.3, -0.25) is 15.0 Å². The van der Waals surface area contributed by atoms with Crippen LogP contribution in [0.5, 0.6) is 0 Å². The van der Waals surface area contributed by atoms with E-state index in [2.05, 4.69) is 16.7 Å². The Labute approximate surface area is 119 Å². The minimum atomic E-state index is -0.421. The van der Waals surface area contributed by atoms with Crippen molar-refractivity contribution in [2.45, 2.75) is 25.8 Å². The summed E-state index contributed by atoms with van der Waals surface area (Å²) in [5, 5.41) is 10.7. The molecule has 1 aliphatic rings. The van der Waals surface area contributed by atoms with Crippen LogP contribution in [0.1, 0.15) is 19.8 Å². The highest BCUT2D eigenvalue weighted by Crippen LogP contribution is 2.28. The van der Waals surface area contributed by atoms with Crippen molar-refractivity contribution < 1.29 is 4.92 Å². The van der Waals surface area contributed by atoms with Gasteiger partial charge >= 0.3 is 0 Å². The van der Waals surface area contributed by atoms with Crippen LogP contribution in [0.3, 0.4) is 0 Å². The van der Waals surface area contributed by atoms with Crippen LogP contribution in [0.15, 0.2) is 18.2 Å². The van der Waals surface area contributed by atoms with Crippen LogP contribution >= 0.6 is 0 Å². The molecule has 6 heteroatoms. The summed E-state index contributed by atoms with van der Waals surface area (Å²) in [5.74, 6) is 0. The first-order valence-electron chi connectivity index (χ1n) is 7.02. The van der Waals surface area contributed by atoms with Crippen molar-refractivity contribution in [2.24, 2.45) is 0 Å². The minimum absolute atomic E-state index is 0.0377. The molecule has 1 aliphatic heterocycles. The third kappa shape index (κ3) is 3.01.